The summed E-state index contributed by atoms with van der Waals surface area (Å²) in [4.78, 5) is 11.8. The van der Waals surface area contributed by atoms with Gasteiger partial charge in [-0.25, -0.2) is 0 Å². The van der Waals surface area contributed by atoms with Crippen LogP contribution in [0, 0.1) is 22.2 Å². The SMILES string of the molecule is C=C[C@]1(C)C=C2C[C@@H](OC(C)=O)[C@H]3C(C)(C)CCC[C@]3(C)[C@@]2(O)CC1. The first kappa shape index (κ1) is 18.7. The highest BCUT2D eigenvalue weighted by atomic mass is 16.5. The fourth-order valence-corrected chi connectivity index (χ4v) is 6.36. The summed E-state index contributed by atoms with van der Waals surface area (Å²) < 4.78 is 5.84. The number of carbonyl (C=O) groups excluding carboxylic acids is 1. The Morgan fingerprint density at radius 3 is 2.52 bits per heavy atom. The molecule has 0 aliphatic heterocycles. The van der Waals surface area contributed by atoms with E-state index in [-0.39, 0.29) is 34.2 Å². The number of rotatable bonds is 2. The number of aliphatic hydroxyl groups is 1. The predicted molar refractivity (Wildman–Crippen MR) is 100.0 cm³/mol. The average Bonchev–Trinajstić information content (AvgIpc) is 2.48. The van der Waals surface area contributed by atoms with Crippen LogP contribution in [-0.4, -0.2) is 22.8 Å². The van der Waals surface area contributed by atoms with Gasteiger partial charge in [-0.2, -0.15) is 0 Å². The second-order valence-electron chi connectivity index (χ2n) is 9.83. The number of ether oxygens (including phenoxy) is 1. The molecule has 0 spiro atoms. The third-order valence-corrected chi connectivity index (χ3v) is 7.63. The summed E-state index contributed by atoms with van der Waals surface area (Å²) in [5, 5.41) is 11.9. The standard InChI is InChI=1S/C22H34O3/c1-7-20(5)11-12-22(24)16(14-20)13-17(25-15(2)23)18-19(3,4)9-8-10-21(18,22)6/h7,14,17-18,24H,1,8-13H2,2-6H3/t17-,18+,20+,21+,22-/m1/s1. The smallest absolute Gasteiger partial charge is 0.302 e. The van der Waals surface area contributed by atoms with Gasteiger partial charge in [-0.1, -0.05) is 46.3 Å². The van der Waals surface area contributed by atoms with Crippen LogP contribution in [0.4, 0.5) is 0 Å². The van der Waals surface area contributed by atoms with E-state index in [0.29, 0.717) is 6.42 Å². The molecule has 0 unspecified atom stereocenters. The number of hydrogen-bond donors (Lipinski definition) is 1. The van der Waals surface area contributed by atoms with Gasteiger partial charge in [0.1, 0.15) is 6.10 Å². The van der Waals surface area contributed by atoms with Gasteiger partial charge in [0.05, 0.1) is 5.60 Å². The van der Waals surface area contributed by atoms with Crippen LogP contribution < -0.4 is 0 Å². The van der Waals surface area contributed by atoms with E-state index in [1.807, 2.05) is 6.08 Å². The van der Waals surface area contributed by atoms with Crippen molar-refractivity contribution in [3.05, 3.63) is 24.3 Å². The van der Waals surface area contributed by atoms with E-state index >= 15 is 0 Å². The molecule has 0 aromatic heterocycles. The zero-order chi connectivity index (χ0) is 18.7. The van der Waals surface area contributed by atoms with Crippen molar-refractivity contribution >= 4 is 5.97 Å². The van der Waals surface area contributed by atoms with Gasteiger partial charge in [0.2, 0.25) is 0 Å². The third kappa shape index (κ3) is 2.70. The third-order valence-electron chi connectivity index (χ3n) is 7.63. The number of carbonyl (C=O) groups is 1. The maximum atomic E-state index is 11.9. The Hall–Kier alpha value is -1.09. The molecule has 0 saturated heterocycles. The normalized spacial score (nSPS) is 45.6. The van der Waals surface area contributed by atoms with Gasteiger partial charge in [-0.05, 0) is 36.7 Å². The van der Waals surface area contributed by atoms with E-state index in [0.717, 1.165) is 37.7 Å². The molecule has 0 radical (unpaired) electrons. The van der Waals surface area contributed by atoms with Crippen molar-refractivity contribution in [3.8, 4) is 0 Å². The van der Waals surface area contributed by atoms with Crippen LogP contribution in [0.2, 0.25) is 0 Å². The Kier molecular flexibility index (Phi) is 4.27. The lowest BCUT2D eigenvalue weighted by molar-refractivity contribution is -0.210. The maximum absolute atomic E-state index is 11.9. The number of hydrogen-bond acceptors (Lipinski definition) is 3. The lowest BCUT2D eigenvalue weighted by atomic mass is 9.43. The molecule has 3 rings (SSSR count). The zero-order valence-corrected chi connectivity index (χ0v) is 16.5. The minimum atomic E-state index is -0.797. The van der Waals surface area contributed by atoms with Crippen LogP contribution >= 0.6 is 0 Å². The van der Waals surface area contributed by atoms with Crippen molar-refractivity contribution in [2.24, 2.45) is 22.2 Å². The molecule has 25 heavy (non-hydrogen) atoms. The lowest BCUT2D eigenvalue weighted by Gasteiger charge is -2.64. The summed E-state index contributed by atoms with van der Waals surface area (Å²) >= 11 is 0. The van der Waals surface area contributed by atoms with E-state index in [1.165, 1.54) is 6.92 Å². The Bertz CT molecular complexity index is 619. The van der Waals surface area contributed by atoms with Crippen molar-refractivity contribution in [2.75, 3.05) is 0 Å². The molecule has 3 heteroatoms. The first-order valence-electron chi connectivity index (χ1n) is 9.73. The quantitative estimate of drug-likeness (QED) is 0.577. The van der Waals surface area contributed by atoms with Crippen LogP contribution in [0.15, 0.2) is 24.3 Å². The molecule has 3 aliphatic carbocycles. The number of allylic oxidation sites excluding steroid dienone is 2. The van der Waals surface area contributed by atoms with Gasteiger partial charge in [0.15, 0.2) is 0 Å². The van der Waals surface area contributed by atoms with Crippen LogP contribution in [0.1, 0.15) is 73.1 Å². The largest absolute Gasteiger partial charge is 0.462 e. The summed E-state index contributed by atoms with van der Waals surface area (Å²) in [5.41, 5.74) is -0.0388. The molecule has 3 aliphatic rings. The number of esters is 1. The van der Waals surface area contributed by atoms with Gasteiger partial charge in [0, 0.05) is 30.1 Å². The van der Waals surface area contributed by atoms with Gasteiger partial charge in [0.25, 0.3) is 0 Å². The van der Waals surface area contributed by atoms with Crippen molar-refractivity contribution in [2.45, 2.75) is 84.8 Å². The molecule has 140 valence electrons. The first-order valence-corrected chi connectivity index (χ1v) is 9.73. The highest BCUT2D eigenvalue weighted by Crippen LogP contribution is 2.66. The molecule has 2 saturated carbocycles. The molecule has 1 N–H and O–H groups in total. The van der Waals surface area contributed by atoms with Crippen molar-refractivity contribution < 1.29 is 14.6 Å². The van der Waals surface area contributed by atoms with Gasteiger partial charge >= 0.3 is 5.97 Å². The lowest BCUT2D eigenvalue weighted by Crippen LogP contribution is -2.65. The van der Waals surface area contributed by atoms with Crippen LogP contribution in [0.5, 0.6) is 0 Å². The van der Waals surface area contributed by atoms with E-state index in [1.54, 1.807) is 0 Å². The Labute approximate surface area is 152 Å². The van der Waals surface area contributed by atoms with Crippen molar-refractivity contribution in [3.63, 3.8) is 0 Å². The van der Waals surface area contributed by atoms with Crippen LogP contribution in [0.3, 0.4) is 0 Å². The second-order valence-corrected chi connectivity index (χ2v) is 9.83. The van der Waals surface area contributed by atoms with E-state index in [9.17, 15) is 9.90 Å². The topological polar surface area (TPSA) is 46.5 Å². The molecule has 0 bridgehead atoms. The molecule has 0 amide bonds. The highest BCUT2D eigenvalue weighted by Gasteiger charge is 2.65. The Balaban J connectivity index is 2.13. The van der Waals surface area contributed by atoms with E-state index in [4.69, 9.17) is 4.74 Å². The summed E-state index contributed by atoms with van der Waals surface area (Å²) in [6.45, 7) is 14.5. The molecular weight excluding hydrogens is 312 g/mol. The van der Waals surface area contributed by atoms with Crippen molar-refractivity contribution in [1.29, 1.82) is 0 Å². The molecule has 0 heterocycles. The molecule has 2 fully saturated rings. The molecule has 3 nitrogen and oxygen atoms in total. The number of fused-ring (bicyclic) bond motifs is 3. The van der Waals surface area contributed by atoms with Crippen molar-refractivity contribution in [1.82, 2.24) is 0 Å². The average molecular weight is 347 g/mol. The highest BCUT2D eigenvalue weighted by molar-refractivity contribution is 5.66. The summed E-state index contributed by atoms with van der Waals surface area (Å²) in [5.74, 6) is -0.0463. The van der Waals surface area contributed by atoms with E-state index < -0.39 is 5.60 Å². The minimum absolute atomic E-state index is 0.0492. The fourth-order valence-electron chi connectivity index (χ4n) is 6.36. The summed E-state index contributed by atoms with van der Waals surface area (Å²) in [6.07, 6.45) is 9.57. The monoisotopic (exact) mass is 346 g/mol. The maximum Gasteiger partial charge on any atom is 0.302 e. The van der Waals surface area contributed by atoms with Gasteiger partial charge < -0.3 is 9.84 Å². The summed E-state index contributed by atoms with van der Waals surface area (Å²) in [7, 11) is 0. The zero-order valence-electron chi connectivity index (χ0n) is 16.5. The molecule has 5 atom stereocenters. The van der Waals surface area contributed by atoms with Gasteiger partial charge in [-0.3, -0.25) is 4.79 Å². The van der Waals surface area contributed by atoms with Crippen LogP contribution in [-0.2, 0) is 9.53 Å². The summed E-state index contributed by atoms with van der Waals surface area (Å²) in [6, 6.07) is 0. The predicted octanol–water partition coefficient (Wildman–Crippen LogP) is 4.80. The Morgan fingerprint density at radius 2 is 1.92 bits per heavy atom. The molecular formula is C22H34O3. The molecule has 0 aromatic rings. The fraction of sp³-hybridized carbons (Fsp3) is 0.773. The van der Waals surface area contributed by atoms with E-state index in [2.05, 4.69) is 40.3 Å². The minimum Gasteiger partial charge on any atom is -0.462 e. The first-order chi connectivity index (χ1) is 11.5. The van der Waals surface area contributed by atoms with Crippen LogP contribution in [0.25, 0.3) is 0 Å². The molecule has 0 aromatic carbocycles. The second kappa shape index (κ2) is 5.70. The van der Waals surface area contributed by atoms with Gasteiger partial charge in [-0.15, -0.1) is 6.58 Å². The Morgan fingerprint density at radius 1 is 1.24 bits per heavy atom.